The minimum atomic E-state index is -3.70. The number of methoxy groups -OCH3 is 1. The Morgan fingerprint density at radius 1 is 1.15 bits per heavy atom. The first-order chi connectivity index (χ1) is 12.3. The van der Waals surface area contributed by atoms with Crippen LogP contribution in [0.2, 0.25) is 0 Å². The first kappa shape index (κ1) is 19.1. The predicted octanol–water partition coefficient (Wildman–Crippen LogP) is 3.17. The number of aliphatic hydroxyl groups is 1. The third kappa shape index (κ3) is 3.32. The maximum Gasteiger partial charge on any atom is 0.243 e. The number of hydrogen-bond donors (Lipinski definition) is 1. The molecule has 0 radical (unpaired) electrons. The monoisotopic (exact) mass is 437 g/mol. The molecule has 0 amide bonds. The van der Waals surface area contributed by atoms with Crippen LogP contribution in [-0.2, 0) is 15.6 Å². The van der Waals surface area contributed by atoms with Crippen molar-refractivity contribution in [1.29, 1.82) is 0 Å². The largest absolute Gasteiger partial charge is 0.497 e. The van der Waals surface area contributed by atoms with Gasteiger partial charge in [-0.2, -0.15) is 4.31 Å². The second kappa shape index (κ2) is 7.15. The molecule has 0 bridgehead atoms. The smallest absolute Gasteiger partial charge is 0.243 e. The molecule has 1 heterocycles. The molecular formula is C19H20BrNO4S. The Morgan fingerprint density at radius 3 is 2.31 bits per heavy atom. The standard InChI is InChI=1S/C19H20BrNO4S/c1-14-3-9-18(10-4-14)26(23,24)21-12-16(11-20)19(22,13-21)15-5-7-17(25-2)8-6-15/h3-11,22H,12-13H2,1-2H3/b16-11+/t19-/m1/s1. The molecule has 1 N–H and O–H groups in total. The lowest BCUT2D eigenvalue weighted by Crippen LogP contribution is -2.34. The average molecular weight is 438 g/mol. The second-order valence-electron chi connectivity index (χ2n) is 6.31. The highest BCUT2D eigenvalue weighted by Crippen LogP contribution is 2.40. The van der Waals surface area contributed by atoms with E-state index in [1.807, 2.05) is 6.92 Å². The fourth-order valence-electron chi connectivity index (χ4n) is 3.03. The molecule has 3 rings (SSSR count). The molecule has 138 valence electrons. The summed E-state index contributed by atoms with van der Waals surface area (Å²) in [5.74, 6) is 0.670. The number of halogens is 1. The van der Waals surface area contributed by atoms with Crippen LogP contribution in [-0.4, -0.2) is 38.0 Å². The summed E-state index contributed by atoms with van der Waals surface area (Å²) in [5.41, 5.74) is 0.790. The lowest BCUT2D eigenvalue weighted by molar-refractivity contribution is 0.0871. The molecule has 0 aliphatic carbocycles. The summed E-state index contributed by atoms with van der Waals surface area (Å²) in [5, 5.41) is 11.3. The number of aryl methyl sites for hydroxylation is 1. The predicted molar refractivity (Wildman–Crippen MR) is 104 cm³/mol. The molecular weight excluding hydrogens is 418 g/mol. The van der Waals surface area contributed by atoms with Crippen LogP contribution in [0.4, 0.5) is 0 Å². The summed E-state index contributed by atoms with van der Waals surface area (Å²) in [4.78, 5) is 1.82. The zero-order chi connectivity index (χ0) is 18.9. The van der Waals surface area contributed by atoms with Crippen LogP contribution in [0.3, 0.4) is 0 Å². The van der Waals surface area contributed by atoms with Gasteiger partial charge in [-0.05, 0) is 47.3 Å². The highest BCUT2D eigenvalue weighted by molar-refractivity contribution is 9.11. The van der Waals surface area contributed by atoms with Gasteiger partial charge in [0.1, 0.15) is 11.4 Å². The minimum absolute atomic E-state index is 0.0486. The van der Waals surface area contributed by atoms with Gasteiger partial charge in [-0.3, -0.25) is 0 Å². The van der Waals surface area contributed by atoms with Crippen LogP contribution in [0, 0.1) is 6.92 Å². The molecule has 1 fully saturated rings. The summed E-state index contributed by atoms with van der Waals surface area (Å²) >= 11 is 3.27. The van der Waals surface area contributed by atoms with Gasteiger partial charge in [0.15, 0.2) is 0 Å². The van der Waals surface area contributed by atoms with E-state index in [0.29, 0.717) is 16.9 Å². The van der Waals surface area contributed by atoms with Gasteiger partial charge in [0.25, 0.3) is 0 Å². The number of β-amino-alcohol motifs (C(OH)–C–C–N with tert-alkyl or cyclic N) is 1. The third-order valence-corrected chi connectivity index (χ3v) is 7.00. The van der Waals surface area contributed by atoms with E-state index in [9.17, 15) is 13.5 Å². The molecule has 0 saturated carbocycles. The Bertz CT molecular complexity index is 923. The van der Waals surface area contributed by atoms with E-state index >= 15 is 0 Å². The van der Waals surface area contributed by atoms with Crippen LogP contribution < -0.4 is 4.74 Å². The topological polar surface area (TPSA) is 66.8 Å². The molecule has 1 atom stereocenters. The normalized spacial score (nSPS) is 22.7. The Morgan fingerprint density at radius 2 is 1.77 bits per heavy atom. The van der Waals surface area contributed by atoms with Crippen molar-refractivity contribution in [3.05, 3.63) is 70.2 Å². The number of benzene rings is 2. The molecule has 1 aliphatic rings. The van der Waals surface area contributed by atoms with Gasteiger partial charge in [-0.1, -0.05) is 45.8 Å². The fraction of sp³-hybridized carbons (Fsp3) is 0.263. The zero-order valence-corrected chi connectivity index (χ0v) is 16.9. The van der Waals surface area contributed by atoms with E-state index in [1.54, 1.807) is 60.6 Å². The molecule has 26 heavy (non-hydrogen) atoms. The summed E-state index contributed by atoms with van der Waals surface area (Å²) in [6, 6.07) is 13.7. The summed E-state index contributed by atoms with van der Waals surface area (Å²) in [6.45, 7) is 1.97. The van der Waals surface area contributed by atoms with Gasteiger partial charge < -0.3 is 9.84 Å². The molecule has 0 unspecified atom stereocenters. The van der Waals surface area contributed by atoms with E-state index < -0.39 is 15.6 Å². The summed E-state index contributed by atoms with van der Waals surface area (Å²) < 4.78 is 32.4. The van der Waals surface area contributed by atoms with Crippen molar-refractivity contribution < 1.29 is 18.3 Å². The van der Waals surface area contributed by atoms with Crippen LogP contribution in [0.25, 0.3) is 0 Å². The van der Waals surface area contributed by atoms with Gasteiger partial charge in [-0.25, -0.2) is 8.42 Å². The Kier molecular flexibility index (Phi) is 5.25. The first-order valence-electron chi connectivity index (χ1n) is 8.05. The molecule has 2 aromatic rings. The van der Waals surface area contributed by atoms with Gasteiger partial charge in [0.05, 0.1) is 18.6 Å². The van der Waals surface area contributed by atoms with Crippen molar-refractivity contribution >= 4 is 26.0 Å². The highest BCUT2D eigenvalue weighted by atomic mass is 79.9. The molecule has 1 aliphatic heterocycles. The molecule has 1 saturated heterocycles. The molecule has 5 nitrogen and oxygen atoms in total. The van der Waals surface area contributed by atoms with E-state index in [1.165, 1.54) is 4.31 Å². The Hall–Kier alpha value is -1.67. The Balaban J connectivity index is 1.96. The van der Waals surface area contributed by atoms with Crippen molar-refractivity contribution in [3.8, 4) is 5.75 Å². The lowest BCUT2D eigenvalue weighted by atomic mass is 9.90. The third-order valence-electron chi connectivity index (χ3n) is 4.64. The quantitative estimate of drug-likeness (QED) is 0.797. The molecule has 0 aromatic heterocycles. The molecule has 2 aromatic carbocycles. The van der Waals surface area contributed by atoms with Crippen LogP contribution in [0.15, 0.2) is 64.0 Å². The number of nitrogens with zero attached hydrogens (tertiary/aromatic N) is 1. The summed E-state index contributed by atoms with van der Waals surface area (Å²) in [6.07, 6.45) is 0. The van der Waals surface area contributed by atoms with Crippen molar-refractivity contribution in [3.63, 3.8) is 0 Å². The average Bonchev–Trinajstić information content (AvgIpc) is 3.01. The summed E-state index contributed by atoms with van der Waals surface area (Å²) in [7, 11) is -2.13. The SMILES string of the molecule is COc1ccc([C@]2(O)CN(S(=O)(=O)c3ccc(C)cc3)C/C2=C\Br)cc1. The maximum atomic E-state index is 13.0. The van der Waals surface area contributed by atoms with E-state index in [2.05, 4.69) is 15.9 Å². The number of sulfonamides is 1. The van der Waals surface area contributed by atoms with Crippen LogP contribution in [0.1, 0.15) is 11.1 Å². The Labute approximate surface area is 162 Å². The van der Waals surface area contributed by atoms with Gasteiger partial charge in [-0.15, -0.1) is 0 Å². The lowest BCUT2D eigenvalue weighted by Gasteiger charge is -2.25. The van der Waals surface area contributed by atoms with E-state index in [-0.39, 0.29) is 18.0 Å². The van der Waals surface area contributed by atoms with Crippen molar-refractivity contribution in [2.24, 2.45) is 0 Å². The van der Waals surface area contributed by atoms with Crippen molar-refractivity contribution in [2.45, 2.75) is 17.4 Å². The fourth-order valence-corrected chi connectivity index (χ4v) is 5.00. The van der Waals surface area contributed by atoms with Gasteiger partial charge >= 0.3 is 0 Å². The van der Waals surface area contributed by atoms with Crippen molar-refractivity contribution in [2.75, 3.05) is 20.2 Å². The zero-order valence-electron chi connectivity index (χ0n) is 14.5. The number of hydrogen-bond acceptors (Lipinski definition) is 4. The van der Waals surface area contributed by atoms with E-state index in [0.717, 1.165) is 5.56 Å². The van der Waals surface area contributed by atoms with Crippen molar-refractivity contribution in [1.82, 2.24) is 4.31 Å². The van der Waals surface area contributed by atoms with Gasteiger partial charge in [0, 0.05) is 6.54 Å². The van der Waals surface area contributed by atoms with E-state index in [4.69, 9.17) is 4.74 Å². The number of ether oxygens (including phenoxy) is 1. The molecule has 0 spiro atoms. The first-order valence-corrected chi connectivity index (χ1v) is 10.4. The maximum absolute atomic E-state index is 13.0. The van der Waals surface area contributed by atoms with Crippen LogP contribution in [0.5, 0.6) is 5.75 Å². The minimum Gasteiger partial charge on any atom is -0.497 e. The highest BCUT2D eigenvalue weighted by Gasteiger charge is 2.46. The van der Waals surface area contributed by atoms with Crippen LogP contribution >= 0.6 is 15.9 Å². The van der Waals surface area contributed by atoms with Gasteiger partial charge in [0.2, 0.25) is 10.0 Å². The number of rotatable bonds is 4. The second-order valence-corrected chi connectivity index (χ2v) is 8.71. The molecule has 7 heteroatoms.